The molecule has 0 atom stereocenters. The fraction of sp³-hybridized carbons (Fsp3) is 0.0196. The minimum absolute atomic E-state index is 1.09. The average Bonchev–Trinajstić information content (AvgIpc) is 3.93. The summed E-state index contributed by atoms with van der Waals surface area (Å²) in [6, 6.07) is 70.3. The van der Waals surface area contributed by atoms with Crippen molar-refractivity contribution in [3.8, 4) is 17.1 Å². The van der Waals surface area contributed by atoms with Crippen LogP contribution in [-0.2, 0) is 0 Å². The highest BCUT2D eigenvalue weighted by Gasteiger charge is 2.20. The van der Waals surface area contributed by atoms with Crippen molar-refractivity contribution in [1.82, 2.24) is 13.7 Å². The summed E-state index contributed by atoms with van der Waals surface area (Å²) in [6.07, 6.45) is 2.22. The van der Waals surface area contributed by atoms with Crippen LogP contribution in [0.3, 0.4) is 0 Å². The zero-order chi connectivity index (χ0) is 36.5. The number of para-hydroxylation sites is 4. The van der Waals surface area contributed by atoms with E-state index in [2.05, 4.69) is 226 Å². The van der Waals surface area contributed by atoms with Gasteiger partial charge in [0.05, 0.1) is 27.6 Å². The summed E-state index contributed by atoms with van der Waals surface area (Å²) in [7, 11) is 0. The Morgan fingerprint density at radius 3 is 1.71 bits per heavy atom. The summed E-state index contributed by atoms with van der Waals surface area (Å²) in [5, 5.41) is 6.20. The molecule has 0 saturated carbocycles. The zero-order valence-corrected chi connectivity index (χ0v) is 30.3. The molecule has 55 heavy (non-hydrogen) atoms. The van der Waals surface area contributed by atoms with E-state index in [4.69, 9.17) is 0 Å². The number of aryl methyl sites for hydroxylation is 1. The average molecular weight is 705 g/mol. The maximum absolute atomic E-state index is 2.41. The summed E-state index contributed by atoms with van der Waals surface area (Å²) in [5.41, 5.74) is 14.0. The third kappa shape index (κ3) is 4.92. The van der Waals surface area contributed by atoms with E-state index in [1.165, 1.54) is 60.1 Å². The van der Waals surface area contributed by atoms with E-state index < -0.39 is 0 Å². The zero-order valence-electron chi connectivity index (χ0n) is 30.3. The highest BCUT2D eigenvalue weighted by atomic mass is 15.1. The molecule has 3 heterocycles. The van der Waals surface area contributed by atoms with Gasteiger partial charge in [-0.1, -0.05) is 103 Å². The summed E-state index contributed by atoms with van der Waals surface area (Å²) in [4.78, 5) is 2.37. The van der Waals surface area contributed by atoms with E-state index in [0.717, 1.165) is 34.1 Å². The minimum Gasteiger partial charge on any atom is -0.316 e. The smallest absolute Gasteiger partial charge is 0.0635 e. The molecule has 0 bridgehead atoms. The summed E-state index contributed by atoms with van der Waals surface area (Å²) in [5.74, 6) is 0. The molecule has 0 fully saturated rings. The predicted octanol–water partition coefficient (Wildman–Crippen LogP) is 13.6. The quantitative estimate of drug-likeness (QED) is 0.168. The lowest BCUT2D eigenvalue weighted by molar-refractivity contribution is 1.12. The Morgan fingerprint density at radius 1 is 0.345 bits per heavy atom. The molecule has 0 saturated heterocycles. The maximum Gasteiger partial charge on any atom is 0.0635 e. The van der Waals surface area contributed by atoms with Gasteiger partial charge in [-0.25, -0.2) is 0 Å². The monoisotopic (exact) mass is 704 g/mol. The van der Waals surface area contributed by atoms with Gasteiger partial charge in [0.25, 0.3) is 0 Å². The number of fused-ring (bicyclic) bond motifs is 8. The van der Waals surface area contributed by atoms with E-state index in [1.807, 2.05) is 0 Å². The van der Waals surface area contributed by atoms with Crippen molar-refractivity contribution in [3.63, 3.8) is 0 Å². The molecule has 0 aliphatic heterocycles. The van der Waals surface area contributed by atoms with Gasteiger partial charge in [0.2, 0.25) is 0 Å². The molecule has 0 amide bonds. The predicted molar refractivity (Wildman–Crippen MR) is 231 cm³/mol. The first-order valence-electron chi connectivity index (χ1n) is 18.9. The number of hydrogen-bond donors (Lipinski definition) is 0. The topological polar surface area (TPSA) is 18.0 Å². The number of nitrogens with zero attached hydrogens (tertiary/aromatic N) is 4. The molecular weight excluding hydrogens is 669 g/mol. The van der Waals surface area contributed by atoms with E-state index >= 15 is 0 Å². The van der Waals surface area contributed by atoms with Gasteiger partial charge in [-0.15, -0.1) is 0 Å². The van der Waals surface area contributed by atoms with E-state index in [0.29, 0.717) is 0 Å². The lowest BCUT2D eigenvalue weighted by Crippen LogP contribution is -2.10. The van der Waals surface area contributed by atoms with Gasteiger partial charge in [-0.3, -0.25) is 0 Å². The Labute approximate surface area is 319 Å². The van der Waals surface area contributed by atoms with Crippen molar-refractivity contribution in [1.29, 1.82) is 0 Å². The van der Waals surface area contributed by atoms with Gasteiger partial charge in [0.1, 0.15) is 0 Å². The number of aromatic nitrogens is 3. The second-order valence-corrected chi connectivity index (χ2v) is 14.3. The van der Waals surface area contributed by atoms with Gasteiger partial charge in [0, 0.05) is 67.3 Å². The van der Waals surface area contributed by atoms with Gasteiger partial charge in [0.15, 0.2) is 0 Å². The van der Waals surface area contributed by atoms with Crippen molar-refractivity contribution in [3.05, 3.63) is 206 Å². The van der Waals surface area contributed by atoms with Crippen LogP contribution in [0.15, 0.2) is 200 Å². The Kier molecular flexibility index (Phi) is 7.04. The van der Waals surface area contributed by atoms with Crippen LogP contribution in [0.2, 0.25) is 0 Å². The summed E-state index contributed by atoms with van der Waals surface area (Å²) >= 11 is 0. The first kappa shape index (κ1) is 31.2. The number of hydrogen-bond acceptors (Lipinski definition) is 1. The van der Waals surface area contributed by atoms with Crippen molar-refractivity contribution >= 4 is 71.6 Å². The Morgan fingerprint density at radius 2 is 0.927 bits per heavy atom. The SMILES string of the molecule is Cc1ccc(-n2c3ccccc3c3cc(N(c4ccccc4)c4cccc(-n5ccc6c5ccc5c7ccccc7n(-c7ccccc7)c56)c4)ccc32)cc1. The maximum atomic E-state index is 2.41. The molecule has 8 aromatic carbocycles. The van der Waals surface area contributed by atoms with Crippen molar-refractivity contribution in [2.45, 2.75) is 6.92 Å². The summed E-state index contributed by atoms with van der Waals surface area (Å²) < 4.78 is 7.12. The molecule has 4 heteroatoms. The Hall–Kier alpha value is -7.30. The van der Waals surface area contributed by atoms with Crippen LogP contribution < -0.4 is 4.90 Å². The third-order valence-corrected chi connectivity index (χ3v) is 11.1. The lowest BCUT2D eigenvalue weighted by atomic mass is 10.1. The second-order valence-electron chi connectivity index (χ2n) is 14.3. The molecule has 0 spiro atoms. The number of anilines is 3. The molecule has 3 aromatic heterocycles. The molecule has 4 nitrogen and oxygen atoms in total. The largest absolute Gasteiger partial charge is 0.316 e. The normalized spacial score (nSPS) is 11.7. The van der Waals surface area contributed by atoms with Crippen molar-refractivity contribution in [2.24, 2.45) is 0 Å². The van der Waals surface area contributed by atoms with Crippen LogP contribution in [0.25, 0.3) is 71.6 Å². The second kappa shape index (κ2) is 12.4. The highest BCUT2D eigenvalue weighted by molar-refractivity contribution is 6.18. The number of benzene rings is 8. The van der Waals surface area contributed by atoms with Gasteiger partial charge >= 0.3 is 0 Å². The minimum atomic E-state index is 1.09. The van der Waals surface area contributed by atoms with E-state index in [1.54, 1.807) is 0 Å². The standard InChI is InChI=1S/C51H36N4/c1-35-23-25-38(26-24-35)54-48-21-10-9-20-43(48)46-34-41(27-29-50(46)54)53(36-13-4-2-5-14-36)40-18-12-17-39(33-40)52-32-31-45-47(52)30-28-44-42-19-8-11-22-49(42)55(51(44)45)37-15-6-3-7-16-37/h2-34H,1H3. The Bertz CT molecular complexity index is 3200. The van der Waals surface area contributed by atoms with Gasteiger partial charge in [-0.2, -0.15) is 0 Å². The molecule has 0 radical (unpaired) electrons. The fourth-order valence-corrected chi connectivity index (χ4v) is 8.62. The first-order valence-corrected chi connectivity index (χ1v) is 18.9. The first-order chi connectivity index (χ1) is 27.2. The highest BCUT2D eigenvalue weighted by Crippen LogP contribution is 2.41. The summed E-state index contributed by atoms with van der Waals surface area (Å²) in [6.45, 7) is 2.14. The van der Waals surface area contributed by atoms with Crippen molar-refractivity contribution < 1.29 is 0 Å². The van der Waals surface area contributed by atoms with Crippen LogP contribution in [0.5, 0.6) is 0 Å². The number of rotatable bonds is 6. The molecule has 11 rings (SSSR count). The van der Waals surface area contributed by atoms with Gasteiger partial charge in [-0.05, 0) is 104 Å². The molecule has 11 aromatic rings. The Balaban J connectivity index is 1.08. The van der Waals surface area contributed by atoms with Crippen LogP contribution >= 0.6 is 0 Å². The van der Waals surface area contributed by atoms with Crippen LogP contribution in [-0.4, -0.2) is 13.7 Å². The van der Waals surface area contributed by atoms with E-state index in [-0.39, 0.29) is 0 Å². The van der Waals surface area contributed by atoms with E-state index in [9.17, 15) is 0 Å². The molecule has 0 unspecified atom stereocenters. The fourth-order valence-electron chi connectivity index (χ4n) is 8.62. The van der Waals surface area contributed by atoms with Gasteiger partial charge < -0.3 is 18.6 Å². The third-order valence-electron chi connectivity index (χ3n) is 11.1. The molecule has 0 N–H and O–H groups in total. The van der Waals surface area contributed by atoms with Crippen molar-refractivity contribution in [2.75, 3.05) is 4.90 Å². The lowest BCUT2D eigenvalue weighted by Gasteiger charge is -2.26. The molecule has 0 aliphatic rings. The molecule has 0 aliphatic carbocycles. The van der Waals surface area contributed by atoms with Crippen LogP contribution in [0, 0.1) is 6.92 Å². The van der Waals surface area contributed by atoms with Crippen LogP contribution in [0.4, 0.5) is 17.1 Å². The van der Waals surface area contributed by atoms with Crippen LogP contribution in [0.1, 0.15) is 5.56 Å². The molecule has 260 valence electrons. The molecular formula is C51H36N4.